The summed E-state index contributed by atoms with van der Waals surface area (Å²) in [7, 11) is 0. The van der Waals surface area contributed by atoms with E-state index >= 15 is 0 Å². The highest BCUT2D eigenvalue weighted by atomic mass is 79.9. The number of hydrogen-bond acceptors (Lipinski definition) is 4. The van der Waals surface area contributed by atoms with Crippen LogP contribution in [-0.4, -0.2) is 52.5 Å². The van der Waals surface area contributed by atoms with Crippen LogP contribution < -0.4 is 5.32 Å². The lowest BCUT2D eigenvalue weighted by Gasteiger charge is -2.31. The number of carbonyl (C=O) groups is 2. The lowest BCUT2D eigenvalue weighted by atomic mass is 10.2. The predicted molar refractivity (Wildman–Crippen MR) is 87.8 cm³/mol. The van der Waals surface area contributed by atoms with Crippen LogP contribution in [0, 0.1) is 6.92 Å². The molecule has 0 aromatic heterocycles. The number of hydrogen-bond donors (Lipinski definition) is 2. The van der Waals surface area contributed by atoms with Gasteiger partial charge in [-0.25, -0.2) is 0 Å². The molecule has 0 aliphatic carbocycles. The Balaban J connectivity index is 1.98. The quantitative estimate of drug-likeness (QED) is 0.847. The van der Waals surface area contributed by atoms with E-state index in [1.54, 1.807) is 16.7 Å². The zero-order valence-corrected chi connectivity index (χ0v) is 14.0. The number of amides is 1. The molecule has 1 amide bonds. The molecule has 1 saturated heterocycles. The van der Waals surface area contributed by atoms with Crippen LogP contribution in [0.25, 0.3) is 0 Å². The molecule has 114 valence electrons. The first-order valence-electron chi connectivity index (χ1n) is 6.58. The van der Waals surface area contributed by atoms with Crippen molar-refractivity contribution in [1.82, 2.24) is 4.90 Å². The van der Waals surface area contributed by atoms with E-state index in [1.807, 2.05) is 25.1 Å². The second-order valence-corrected chi connectivity index (χ2v) is 6.94. The largest absolute Gasteiger partial charge is 0.480 e. The average Bonchev–Trinajstić information content (AvgIpc) is 2.42. The highest BCUT2D eigenvalue weighted by Gasteiger charge is 2.30. The Kier molecular flexibility index (Phi) is 5.66. The summed E-state index contributed by atoms with van der Waals surface area (Å²) in [4.78, 5) is 25.0. The number of halogens is 1. The van der Waals surface area contributed by atoms with Crippen LogP contribution in [0.5, 0.6) is 0 Å². The highest BCUT2D eigenvalue weighted by molar-refractivity contribution is 9.10. The van der Waals surface area contributed by atoms with Crippen LogP contribution in [0.3, 0.4) is 0 Å². The maximum Gasteiger partial charge on any atom is 0.321 e. The Morgan fingerprint density at radius 3 is 2.95 bits per heavy atom. The third kappa shape index (κ3) is 4.46. The van der Waals surface area contributed by atoms with E-state index in [9.17, 15) is 14.7 Å². The van der Waals surface area contributed by atoms with E-state index in [1.165, 1.54) is 0 Å². The fourth-order valence-electron chi connectivity index (χ4n) is 2.15. The number of rotatable bonds is 4. The van der Waals surface area contributed by atoms with Crippen molar-refractivity contribution in [3.63, 3.8) is 0 Å². The number of anilines is 1. The van der Waals surface area contributed by atoms with Crippen molar-refractivity contribution in [1.29, 1.82) is 0 Å². The molecular formula is C14H17BrN2O3S. The summed E-state index contributed by atoms with van der Waals surface area (Å²) in [6.07, 6.45) is 0. The number of nitrogens with zero attached hydrogens (tertiary/aromatic N) is 1. The highest BCUT2D eigenvalue weighted by Crippen LogP contribution is 2.23. The first kappa shape index (κ1) is 16.3. The molecule has 2 rings (SSSR count). The van der Waals surface area contributed by atoms with Gasteiger partial charge in [-0.05, 0) is 40.5 Å². The molecule has 2 N–H and O–H groups in total. The van der Waals surface area contributed by atoms with Crippen LogP contribution >= 0.6 is 27.7 Å². The molecule has 0 saturated carbocycles. The van der Waals surface area contributed by atoms with Gasteiger partial charge >= 0.3 is 5.97 Å². The van der Waals surface area contributed by atoms with E-state index in [0.717, 1.165) is 15.8 Å². The summed E-state index contributed by atoms with van der Waals surface area (Å²) in [6, 6.07) is 5.08. The lowest BCUT2D eigenvalue weighted by Crippen LogP contribution is -2.50. The smallest absolute Gasteiger partial charge is 0.321 e. The number of carboxylic acid groups (broad SMARTS) is 1. The van der Waals surface area contributed by atoms with Gasteiger partial charge in [0, 0.05) is 22.5 Å². The first-order valence-corrected chi connectivity index (χ1v) is 8.53. The number of nitrogens with one attached hydrogen (secondary N) is 1. The van der Waals surface area contributed by atoms with Crippen molar-refractivity contribution >= 4 is 45.3 Å². The standard InChI is InChI=1S/C14H17BrN2O3S/c1-9-2-3-11(10(15)6-9)16-13(18)7-17-4-5-21-8-12(17)14(19)20/h2-3,6,12H,4-5,7-8H2,1H3,(H,16,18)(H,19,20). The number of thioether (sulfide) groups is 1. The van der Waals surface area contributed by atoms with E-state index in [4.69, 9.17) is 0 Å². The van der Waals surface area contributed by atoms with E-state index < -0.39 is 12.0 Å². The van der Waals surface area contributed by atoms with Gasteiger partial charge in [0.25, 0.3) is 0 Å². The molecule has 0 spiro atoms. The summed E-state index contributed by atoms with van der Waals surface area (Å²) in [5.41, 5.74) is 1.79. The number of carboxylic acids is 1. The van der Waals surface area contributed by atoms with Gasteiger partial charge in [0.15, 0.2) is 0 Å². The van der Waals surface area contributed by atoms with Crippen LogP contribution in [-0.2, 0) is 9.59 Å². The Hall–Kier alpha value is -1.05. The van der Waals surface area contributed by atoms with Crippen LogP contribution in [0.2, 0.25) is 0 Å². The molecule has 0 bridgehead atoms. The van der Waals surface area contributed by atoms with Crippen molar-refractivity contribution in [2.75, 3.05) is 29.9 Å². The molecule has 1 unspecified atom stereocenters. The summed E-state index contributed by atoms with van der Waals surface area (Å²) in [5, 5.41) is 12.0. The topological polar surface area (TPSA) is 69.6 Å². The second kappa shape index (κ2) is 7.29. The predicted octanol–water partition coefficient (Wildman–Crippen LogP) is 2.20. The third-order valence-corrected chi connectivity index (χ3v) is 4.95. The second-order valence-electron chi connectivity index (χ2n) is 4.93. The van der Waals surface area contributed by atoms with Gasteiger partial charge in [-0.2, -0.15) is 11.8 Å². The summed E-state index contributed by atoms with van der Waals surface area (Å²) in [6.45, 7) is 2.68. The van der Waals surface area contributed by atoms with Crippen LogP contribution in [0.4, 0.5) is 5.69 Å². The Bertz CT molecular complexity index is 553. The zero-order chi connectivity index (χ0) is 15.4. The molecule has 1 atom stereocenters. The minimum Gasteiger partial charge on any atom is -0.480 e. The maximum absolute atomic E-state index is 12.1. The minimum atomic E-state index is -0.869. The maximum atomic E-state index is 12.1. The van der Waals surface area contributed by atoms with Gasteiger partial charge in [-0.15, -0.1) is 0 Å². The average molecular weight is 373 g/mol. The SMILES string of the molecule is Cc1ccc(NC(=O)CN2CCSCC2C(=O)O)c(Br)c1. The normalized spacial score (nSPS) is 19.2. The lowest BCUT2D eigenvalue weighted by molar-refractivity contribution is -0.142. The summed E-state index contributed by atoms with van der Waals surface area (Å²) >= 11 is 5.02. The van der Waals surface area contributed by atoms with Crippen molar-refractivity contribution in [2.24, 2.45) is 0 Å². The number of benzene rings is 1. The Morgan fingerprint density at radius 1 is 1.52 bits per heavy atom. The van der Waals surface area contributed by atoms with Gasteiger partial charge in [0.05, 0.1) is 12.2 Å². The Labute approximate surface area is 136 Å². The zero-order valence-electron chi connectivity index (χ0n) is 11.6. The minimum absolute atomic E-state index is 0.0951. The molecule has 5 nitrogen and oxygen atoms in total. The van der Waals surface area contributed by atoms with Crippen molar-refractivity contribution in [3.05, 3.63) is 28.2 Å². The molecule has 1 heterocycles. The van der Waals surface area contributed by atoms with Crippen molar-refractivity contribution in [3.8, 4) is 0 Å². The molecule has 1 aromatic carbocycles. The first-order chi connectivity index (χ1) is 9.97. The van der Waals surface area contributed by atoms with Gasteiger partial charge in [0.1, 0.15) is 6.04 Å². The van der Waals surface area contributed by atoms with Gasteiger partial charge in [-0.3, -0.25) is 14.5 Å². The van der Waals surface area contributed by atoms with Crippen LogP contribution in [0.1, 0.15) is 5.56 Å². The summed E-state index contributed by atoms with van der Waals surface area (Å²) in [5.74, 6) is 0.312. The number of carbonyl (C=O) groups excluding carboxylic acids is 1. The van der Waals surface area contributed by atoms with Gasteiger partial charge in [-0.1, -0.05) is 6.07 Å². The number of aryl methyl sites for hydroxylation is 1. The van der Waals surface area contributed by atoms with E-state index in [0.29, 0.717) is 18.0 Å². The molecular weight excluding hydrogens is 356 g/mol. The third-order valence-electron chi connectivity index (χ3n) is 3.27. The fraction of sp³-hybridized carbons (Fsp3) is 0.429. The molecule has 21 heavy (non-hydrogen) atoms. The molecule has 7 heteroatoms. The molecule has 1 aliphatic heterocycles. The van der Waals surface area contributed by atoms with E-state index in [2.05, 4.69) is 21.2 Å². The molecule has 1 aromatic rings. The molecule has 1 fully saturated rings. The van der Waals surface area contributed by atoms with Crippen molar-refractivity contribution in [2.45, 2.75) is 13.0 Å². The molecule has 1 aliphatic rings. The molecule has 0 radical (unpaired) electrons. The fourth-order valence-corrected chi connectivity index (χ4v) is 3.85. The van der Waals surface area contributed by atoms with E-state index in [-0.39, 0.29) is 12.5 Å². The monoisotopic (exact) mass is 372 g/mol. The van der Waals surface area contributed by atoms with Gasteiger partial charge < -0.3 is 10.4 Å². The van der Waals surface area contributed by atoms with Crippen LogP contribution in [0.15, 0.2) is 22.7 Å². The van der Waals surface area contributed by atoms with Crippen molar-refractivity contribution < 1.29 is 14.7 Å². The Morgan fingerprint density at radius 2 is 2.29 bits per heavy atom. The summed E-state index contributed by atoms with van der Waals surface area (Å²) < 4.78 is 0.819. The number of aliphatic carboxylic acids is 1. The van der Waals surface area contributed by atoms with Gasteiger partial charge in [0.2, 0.25) is 5.91 Å².